The predicted molar refractivity (Wildman–Crippen MR) is 352 cm³/mol. The summed E-state index contributed by atoms with van der Waals surface area (Å²) in [4.78, 5) is 38.3. The lowest BCUT2D eigenvalue weighted by molar-refractivity contribution is -0.167. The highest BCUT2D eigenvalue weighted by atomic mass is 16.6. The van der Waals surface area contributed by atoms with Crippen molar-refractivity contribution in [2.45, 2.75) is 271 Å². The van der Waals surface area contributed by atoms with Crippen molar-refractivity contribution in [1.29, 1.82) is 0 Å². The summed E-state index contributed by atoms with van der Waals surface area (Å²) < 4.78 is 16.9. The number of rotatable bonds is 57. The number of carbonyl (C=O) groups is 3. The van der Waals surface area contributed by atoms with Crippen molar-refractivity contribution >= 4 is 17.9 Å². The van der Waals surface area contributed by atoms with Crippen molar-refractivity contribution in [2.24, 2.45) is 0 Å². The predicted octanol–water partition coefficient (Wildman–Crippen LogP) is 22.7. The first-order valence-electron chi connectivity index (χ1n) is 32.6. The lowest BCUT2D eigenvalue weighted by atomic mass is 10.1. The van der Waals surface area contributed by atoms with E-state index in [4.69, 9.17) is 14.2 Å². The molecule has 0 amide bonds. The van der Waals surface area contributed by atoms with Gasteiger partial charge in [0.05, 0.1) is 0 Å². The molecule has 81 heavy (non-hydrogen) atoms. The number of carbonyl (C=O) groups excluding carboxylic acids is 3. The zero-order chi connectivity index (χ0) is 58.5. The van der Waals surface area contributed by atoms with Crippen LogP contribution in [0.2, 0.25) is 0 Å². The summed E-state index contributed by atoms with van der Waals surface area (Å²) >= 11 is 0. The van der Waals surface area contributed by atoms with Gasteiger partial charge in [-0.25, -0.2) is 0 Å². The first-order valence-corrected chi connectivity index (χ1v) is 32.6. The van der Waals surface area contributed by atoms with Crippen molar-refractivity contribution in [3.05, 3.63) is 170 Å². The highest BCUT2D eigenvalue weighted by Crippen LogP contribution is 2.13. The fourth-order valence-corrected chi connectivity index (χ4v) is 8.30. The number of hydrogen-bond acceptors (Lipinski definition) is 6. The van der Waals surface area contributed by atoms with Crippen LogP contribution in [-0.4, -0.2) is 37.2 Å². The normalized spacial score (nSPS) is 13.3. The van der Waals surface area contributed by atoms with Crippen molar-refractivity contribution in [2.75, 3.05) is 13.2 Å². The van der Waals surface area contributed by atoms with Crippen LogP contribution in [0.3, 0.4) is 0 Å². The number of esters is 3. The zero-order valence-corrected chi connectivity index (χ0v) is 52.0. The zero-order valence-electron chi connectivity index (χ0n) is 52.0. The van der Waals surface area contributed by atoms with E-state index in [9.17, 15) is 14.4 Å². The lowest BCUT2D eigenvalue weighted by Gasteiger charge is -2.18. The Hall–Kier alpha value is -5.23. The van der Waals surface area contributed by atoms with Crippen molar-refractivity contribution in [3.8, 4) is 0 Å². The van der Waals surface area contributed by atoms with Gasteiger partial charge in [-0.1, -0.05) is 262 Å². The van der Waals surface area contributed by atoms with Gasteiger partial charge in [-0.15, -0.1) is 0 Å². The Morgan fingerprint density at radius 3 is 0.815 bits per heavy atom. The molecule has 0 aromatic rings. The van der Waals surface area contributed by atoms with E-state index in [1.165, 1.54) is 44.9 Å². The molecule has 1 atom stereocenters. The fourth-order valence-electron chi connectivity index (χ4n) is 8.30. The molecule has 0 spiro atoms. The monoisotopic (exact) mass is 1110 g/mol. The topological polar surface area (TPSA) is 78.9 Å². The van der Waals surface area contributed by atoms with Crippen LogP contribution in [0.4, 0.5) is 0 Å². The van der Waals surface area contributed by atoms with Crippen LogP contribution in [0.15, 0.2) is 170 Å². The van der Waals surface area contributed by atoms with Gasteiger partial charge in [-0.2, -0.15) is 0 Å². The van der Waals surface area contributed by atoms with E-state index < -0.39 is 6.10 Å². The van der Waals surface area contributed by atoms with Gasteiger partial charge in [0, 0.05) is 19.3 Å². The molecule has 0 aliphatic heterocycles. The van der Waals surface area contributed by atoms with Crippen LogP contribution in [-0.2, 0) is 28.6 Å². The summed E-state index contributed by atoms with van der Waals surface area (Å²) in [6.07, 6.45) is 99.3. The molecule has 6 nitrogen and oxygen atoms in total. The van der Waals surface area contributed by atoms with Gasteiger partial charge in [0.15, 0.2) is 6.10 Å². The molecule has 0 aromatic carbocycles. The maximum absolute atomic E-state index is 12.9. The molecule has 0 aliphatic carbocycles. The average Bonchev–Trinajstić information content (AvgIpc) is 3.46. The highest BCUT2D eigenvalue weighted by molar-refractivity contribution is 5.71. The maximum atomic E-state index is 12.9. The summed E-state index contributed by atoms with van der Waals surface area (Å²) in [5, 5.41) is 0. The molecule has 0 aromatic heterocycles. The Morgan fingerprint density at radius 1 is 0.259 bits per heavy atom. The molecule has 0 saturated heterocycles. The third kappa shape index (κ3) is 65.5. The number of unbranched alkanes of at least 4 members (excludes halogenated alkanes) is 18. The number of hydrogen-bond donors (Lipinski definition) is 0. The minimum absolute atomic E-state index is 0.109. The highest BCUT2D eigenvalue weighted by Gasteiger charge is 2.19. The Morgan fingerprint density at radius 2 is 0.506 bits per heavy atom. The minimum Gasteiger partial charge on any atom is -0.462 e. The molecule has 0 heterocycles. The molecule has 0 aliphatic rings. The summed E-state index contributed by atoms with van der Waals surface area (Å²) in [6, 6.07) is 0. The Balaban J connectivity index is 4.44. The second kappa shape index (κ2) is 67.3. The molecule has 0 N–H and O–H groups in total. The molecule has 0 bridgehead atoms. The first kappa shape index (κ1) is 75.8. The minimum atomic E-state index is -0.815. The molecule has 454 valence electrons. The molecule has 0 radical (unpaired) electrons. The Labute approximate surface area is 498 Å². The third-order valence-electron chi connectivity index (χ3n) is 13.2. The van der Waals surface area contributed by atoms with Crippen molar-refractivity contribution < 1.29 is 28.6 Å². The smallest absolute Gasteiger partial charge is 0.306 e. The van der Waals surface area contributed by atoms with Gasteiger partial charge in [0.2, 0.25) is 0 Å². The maximum Gasteiger partial charge on any atom is 0.306 e. The third-order valence-corrected chi connectivity index (χ3v) is 13.2. The first-order chi connectivity index (χ1) is 40.0. The van der Waals surface area contributed by atoms with E-state index in [1.54, 1.807) is 0 Å². The summed E-state index contributed by atoms with van der Waals surface area (Å²) in [6.45, 7) is 6.38. The van der Waals surface area contributed by atoms with Gasteiger partial charge in [0.1, 0.15) is 13.2 Å². The quantitative estimate of drug-likeness (QED) is 0.0261. The van der Waals surface area contributed by atoms with Gasteiger partial charge in [-0.3, -0.25) is 14.4 Å². The fraction of sp³-hybridized carbons (Fsp3) is 0.587. The number of allylic oxidation sites excluding steroid dienone is 28. The lowest BCUT2D eigenvalue weighted by Crippen LogP contribution is -2.30. The van der Waals surface area contributed by atoms with Crippen molar-refractivity contribution in [1.82, 2.24) is 0 Å². The molecular weight excluding hydrogens is 997 g/mol. The number of ether oxygens (including phenoxy) is 3. The van der Waals surface area contributed by atoms with Crippen LogP contribution >= 0.6 is 0 Å². The second-order valence-electron chi connectivity index (χ2n) is 20.9. The summed E-state index contributed by atoms with van der Waals surface area (Å²) in [7, 11) is 0. The standard InChI is InChI=1S/C75H118O6/c1-4-7-10-13-16-19-22-25-27-29-31-32-33-34-35-36-37-38-39-40-41-42-44-45-47-50-53-56-59-62-65-68-74(77)80-71-72(70-79-73(76)67-64-61-58-55-52-49-24-21-18-15-12-9-6-3)81-75(78)69-66-63-60-57-54-51-48-46-43-30-28-26-23-20-17-14-11-8-5-2/h7,10,12,15-17,19-21,24-28,31-32,34-35,37-38,40-41,43-46,50,53,72H,4-6,8-9,11,13-14,18,22-23,29-30,33,36,39,42,47-49,51-52,54-71H2,1-3H3/b10-7-,15-12-,19-16-,20-17-,24-21-,27-25-,28-26-,32-31-,35-34-,38-37-,41-40-,45-44-,46-43-,53-50-. The van der Waals surface area contributed by atoms with Gasteiger partial charge >= 0.3 is 17.9 Å². The van der Waals surface area contributed by atoms with Gasteiger partial charge in [-0.05, 0) is 154 Å². The summed E-state index contributed by atoms with van der Waals surface area (Å²) in [5.41, 5.74) is 0. The van der Waals surface area contributed by atoms with Gasteiger partial charge < -0.3 is 14.2 Å². The molecule has 0 rings (SSSR count). The Bertz CT molecular complexity index is 1860. The van der Waals surface area contributed by atoms with Crippen LogP contribution < -0.4 is 0 Å². The largest absolute Gasteiger partial charge is 0.462 e. The van der Waals surface area contributed by atoms with E-state index in [0.717, 1.165) is 180 Å². The summed E-state index contributed by atoms with van der Waals surface area (Å²) in [5.74, 6) is -0.974. The van der Waals surface area contributed by atoms with E-state index in [0.29, 0.717) is 19.3 Å². The average molecular weight is 1120 g/mol. The van der Waals surface area contributed by atoms with E-state index in [-0.39, 0.29) is 31.1 Å². The van der Waals surface area contributed by atoms with Crippen LogP contribution in [0, 0.1) is 0 Å². The van der Waals surface area contributed by atoms with Crippen LogP contribution in [0.5, 0.6) is 0 Å². The van der Waals surface area contributed by atoms with E-state index in [2.05, 4.69) is 191 Å². The SMILES string of the molecule is CC/C=C\C/C=C\C/C=C\C/C=C\C/C=C\C/C=C\C/C=C\C/C=C\C/C=C\CCCCCC(=O)OCC(COC(=O)CCCCCCC/C=C\C/C=C\CCC)OC(=O)CCCCCCCC/C=C\C/C=C\C/C=C\CCCCC. The molecule has 1 unspecified atom stereocenters. The molecule has 0 fully saturated rings. The molecule has 6 heteroatoms. The van der Waals surface area contributed by atoms with Crippen LogP contribution in [0.25, 0.3) is 0 Å². The van der Waals surface area contributed by atoms with Crippen molar-refractivity contribution in [3.63, 3.8) is 0 Å². The Kier molecular flexibility index (Phi) is 62.9. The van der Waals surface area contributed by atoms with Gasteiger partial charge in [0.25, 0.3) is 0 Å². The molecule has 0 saturated carbocycles. The second-order valence-corrected chi connectivity index (χ2v) is 20.9. The van der Waals surface area contributed by atoms with E-state index >= 15 is 0 Å². The molecular formula is C75H118O6. The van der Waals surface area contributed by atoms with Crippen LogP contribution in [0.1, 0.15) is 265 Å². The van der Waals surface area contributed by atoms with E-state index in [1.807, 2.05) is 0 Å².